The first-order valence-corrected chi connectivity index (χ1v) is 3.18. The van der Waals surface area contributed by atoms with E-state index < -0.39 is 0 Å². The minimum Gasteiger partial charge on any atom is -0.367 e. The average Bonchev–Trinajstić information content (AvgIpc) is 1.88. The quantitative estimate of drug-likeness (QED) is 0.653. The zero-order valence-corrected chi connectivity index (χ0v) is 6.07. The maximum absolute atomic E-state index is 3.93. The van der Waals surface area contributed by atoms with Gasteiger partial charge in [0, 0.05) is 6.04 Å². The van der Waals surface area contributed by atoms with Crippen LogP contribution in [0.1, 0.15) is 13.8 Å². The fourth-order valence-electron chi connectivity index (χ4n) is 0.609. The van der Waals surface area contributed by atoms with Crippen LogP contribution in [0.15, 0.2) is 12.5 Å². The fraction of sp³-hybridized carbons (Fsp3) is 0.500. The summed E-state index contributed by atoms with van der Waals surface area (Å²) in [6, 6.07) is 0.386. The number of hydrogen-bond acceptors (Lipinski definition) is 4. The van der Waals surface area contributed by atoms with E-state index in [0.29, 0.717) is 6.04 Å². The first kappa shape index (κ1) is 6.92. The van der Waals surface area contributed by atoms with Gasteiger partial charge in [-0.3, -0.25) is 0 Å². The lowest BCUT2D eigenvalue weighted by atomic mass is 10.4. The summed E-state index contributed by atoms with van der Waals surface area (Å²) in [6.07, 6.45) is 3.02. The minimum atomic E-state index is 0.386. The van der Waals surface area contributed by atoms with E-state index in [4.69, 9.17) is 0 Å². The zero-order chi connectivity index (χ0) is 7.40. The van der Waals surface area contributed by atoms with E-state index in [1.54, 1.807) is 6.20 Å². The van der Waals surface area contributed by atoms with E-state index in [9.17, 15) is 0 Å². The van der Waals surface area contributed by atoms with Crippen molar-refractivity contribution in [3.05, 3.63) is 12.5 Å². The molecule has 0 unspecified atom stereocenters. The molecule has 0 aliphatic carbocycles. The Bertz CT molecular complexity index is 184. The molecule has 0 amide bonds. The van der Waals surface area contributed by atoms with Crippen LogP contribution in [-0.4, -0.2) is 21.2 Å². The Labute approximate surface area is 59.7 Å². The van der Waals surface area contributed by atoms with Gasteiger partial charge in [0.1, 0.15) is 12.1 Å². The number of anilines is 1. The first-order valence-electron chi connectivity index (χ1n) is 3.18. The molecule has 0 atom stereocenters. The molecule has 10 heavy (non-hydrogen) atoms. The molecule has 0 aliphatic rings. The number of aromatic nitrogens is 3. The van der Waals surface area contributed by atoms with Gasteiger partial charge in [0.15, 0.2) is 0 Å². The second-order valence-electron chi connectivity index (χ2n) is 2.29. The van der Waals surface area contributed by atoms with Crippen molar-refractivity contribution in [3.8, 4) is 0 Å². The second kappa shape index (κ2) is 3.10. The zero-order valence-electron chi connectivity index (χ0n) is 6.07. The Morgan fingerprint density at radius 3 is 2.70 bits per heavy atom. The van der Waals surface area contributed by atoms with Crippen LogP contribution in [-0.2, 0) is 0 Å². The highest BCUT2D eigenvalue weighted by Gasteiger charge is 1.93. The summed E-state index contributed by atoms with van der Waals surface area (Å²) in [5.74, 6) is 0.769. The predicted octanol–water partition coefficient (Wildman–Crippen LogP) is 0.692. The summed E-state index contributed by atoms with van der Waals surface area (Å²) >= 11 is 0. The monoisotopic (exact) mass is 138 g/mol. The van der Waals surface area contributed by atoms with Crippen LogP contribution < -0.4 is 5.32 Å². The van der Waals surface area contributed by atoms with Gasteiger partial charge in [0.25, 0.3) is 0 Å². The van der Waals surface area contributed by atoms with Crippen molar-refractivity contribution in [2.24, 2.45) is 0 Å². The molecule has 1 heterocycles. The molecule has 4 heteroatoms. The van der Waals surface area contributed by atoms with E-state index in [-0.39, 0.29) is 0 Å². The number of nitrogens with one attached hydrogen (secondary N) is 1. The van der Waals surface area contributed by atoms with Crippen LogP contribution >= 0.6 is 0 Å². The van der Waals surface area contributed by atoms with E-state index in [0.717, 1.165) is 5.82 Å². The standard InChI is InChI=1S/C6H10N4/c1-5(2)10-6-3-8-9-4-7-6/h3-5H,1-2H3,(H,7,9,10). The van der Waals surface area contributed by atoms with Gasteiger partial charge in [0.05, 0.1) is 6.20 Å². The molecule has 1 N–H and O–H groups in total. The van der Waals surface area contributed by atoms with Gasteiger partial charge >= 0.3 is 0 Å². The van der Waals surface area contributed by atoms with E-state index in [2.05, 4.69) is 20.5 Å². The summed E-state index contributed by atoms with van der Waals surface area (Å²) in [7, 11) is 0. The molecule has 0 fully saturated rings. The third kappa shape index (κ3) is 1.97. The molecule has 54 valence electrons. The Kier molecular flexibility index (Phi) is 2.15. The van der Waals surface area contributed by atoms with Gasteiger partial charge in [-0.2, -0.15) is 5.10 Å². The number of hydrogen-bond donors (Lipinski definition) is 1. The van der Waals surface area contributed by atoms with Gasteiger partial charge in [-0.25, -0.2) is 4.98 Å². The normalized spacial score (nSPS) is 9.90. The van der Waals surface area contributed by atoms with Crippen LogP contribution in [0.5, 0.6) is 0 Å². The first-order chi connectivity index (χ1) is 4.79. The molecule has 1 aromatic rings. The minimum absolute atomic E-state index is 0.386. The molecule has 0 saturated carbocycles. The van der Waals surface area contributed by atoms with Crippen LogP contribution in [0, 0.1) is 0 Å². The van der Waals surface area contributed by atoms with Crippen LogP contribution in [0.3, 0.4) is 0 Å². The van der Waals surface area contributed by atoms with Gasteiger partial charge < -0.3 is 5.32 Å². The van der Waals surface area contributed by atoms with Crippen molar-refractivity contribution in [3.63, 3.8) is 0 Å². The summed E-state index contributed by atoms with van der Waals surface area (Å²) in [5, 5.41) is 10.3. The highest BCUT2D eigenvalue weighted by molar-refractivity contribution is 5.29. The second-order valence-corrected chi connectivity index (χ2v) is 2.29. The van der Waals surface area contributed by atoms with Gasteiger partial charge in [-0.1, -0.05) is 0 Å². The SMILES string of the molecule is CC(C)Nc1cnncn1. The average molecular weight is 138 g/mol. The molecular formula is C6H10N4. The molecule has 0 aliphatic heterocycles. The molecule has 0 saturated heterocycles. The molecule has 0 radical (unpaired) electrons. The van der Waals surface area contributed by atoms with Crippen molar-refractivity contribution < 1.29 is 0 Å². The maximum atomic E-state index is 3.93. The smallest absolute Gasteiger partial charge is 0.148 e. The van der Waals surface area contributed by atoms with E-state index in [1.165, 1.54) is 6.33 Å². The summed E-state index contributed by atoms with van der Waals surface area (Å²) in [5.41, 5.74) is 0. The van der Waals surface area contributed by atoms with Crippen molar-refractivity contribution in [1.29, 1.82) is 0 Å². The lowest BCUT2D eigenvalue weighted by Gasteiger charge is -2.05. The molecule has 0 aromatic carbocycles. The largest absolute Gasteiger partial charge is 0.367 e. The van der Waals surface area contributed by atoms with Gasteiger partial charge in [-0.05, 0) is 13.8 Å². The molecule has 1 rings (SSSR count). The third-order valence-corrected chi connectivity index (χ3v) is 0.932. The van der Waals surface area contributed by atoms with Crippen molar-refractivity contribution in [2.75, 3.05) is 5.32 Å². The maximum Gasteiger partial charge on any atom is 0.148 e. The van der Waals surface area contributed by atoms with Crippen molar-refractivity contribution in [1.82, 2.24) is 15.2 Å². The van der Waals surface area contributed by atoms with Gasteiger partial charge in [-0.15, -0.1) is 5.10 Å². The summed E-state index contributed by atoms with van der Waals surface area (Å²) in [4.78, 5) is 3.93. The highest BCUT2D eigenvalue weighted by atomic mass is 15.2. The molecule has 0 bridgehead atoms. The lowest BCUT2D eigenvalue weighted by molar-refractivity contribution is 0.870. The van der Waals surface area contributed by atoms with Gasteiger partial charge in [0.2, 0.25) is 0 Å². The fourth-order valence-corrected chi connectivity index (χ4v) is 0.609. The Morgan fingerprint density at radius 1 is 1.40 bits per heavy atom. The Balaban J connectivity index is 2.59. The highest BCUT2D eigenvalue weighted by Crippen LogP contribution is 1.97. The Morgan fingerprint density at radius 2 is 2.20 bits per heavy atom. The van der Waals surface area contributed by atoms with Crippen LogP contribution in [0.4, 0.5) is 5.82 Å². The predicted molar refractivity (Wildman–Crippen MR) is 38.6 cm³/mol. The molecule has 0 spiro atoms. The topological polar surface area (TPSA) is 50.7 Å². The Hall–Kier alpha value is -1.19. The summed E-state index contributed by atoms with van der Waals surface area (Å²) in [6.45, 7) is 4.09. The third-order valence-electron chi connectivity index (χ3n) is 0.932. The van der Waals surface area contributed by atoms with Crippen molar-refractivity contribution >= 4 is 5.82 Å². The number of rotatable bonds is 2. The van der Waals surface area contributed by atoms with Crippen molar-refractivity contribution in [2.45, 2.75) is 19.9 Å². The summed E-state index contributed by atoms with van der Waals surface area (Å²) < 4.78 is 0. The van der Waals surface area contributed by atoms with E-state index in [1.807, 2.05) is 13.8 Å². The van der Waals surface area contributed by atoms with Crippen LogP contribution in [0.2, 0.25) is 0 Å². The number of nitrogens with zero attached hydrogens (tertiary/aromatic N) is 3. The van der Waals surface area contributed by atoms with E-state index >= 15 is 0 Å². The molecule has 4 nitrogen and oxygen atoms in total. The molecular weight excluding hydrogens is 128 g/mol. The molecule has 1 aromatic heterocycles. The lowest BCUT2D eigenvalue weighted by Crippen LogP contribution is -2.11. The van der Waals surface area contributed by atoms with Crippen LogP contribution in [0.25, 0.3) is 0 Å².